The first-order valence-corrected chi connectivity index (χ1v) is 11.6. The fourth-order valence-corrected chi connectivity index (χ4v) is 5.13. The van der Waals surface area contributed by atoms with Crippen LogP contribution in [0.1, 0.15) is 16.8 Å². The average molecular weight is 468 g/mol. The maximum atomic E-state index is 12.7. The second kappa shape index (κ2) is 9.20. The molecule has 0 fully saturated rings. The summed E-state index contributed by atoms with van der Waals surface area (Å²) in [5, 5.41) is 4.98. The van der Waals surface area contributed by atoms with Gasteiger partial charge in [0.15, 0.2) is 5.66 Å². The summed E-state index contributed by atoms with van der Waals surface area (Å²) in [7, 11) is -1.76. The van der Waals surface area contributed by atoms with Gasteiger partial charge in [-0.2, -0.15) is 0 Å². The highest BCUT2D eigenvalue weighted by molar-refractivity contribution is 7.53. The molecule has 3 aromatic rings. The van der Waals surface area contributed by atoms with Crippen molar-refractivity contribution in [1.29, 1.82) is 0 Å². The monoisotopic (exact) mass is 467 g/mol. The lowest BCUT2D eigenvalue weighted by atomic mass is 10.1. The molecule has 0 saturated carbocycles. The van der Waals surface area contributed by atoms with Gasteiger partial charge in [0.1, 0.15) is 11.5 Å². The summed E-state index contributed by atoms with van der Waals surface area (Å²) in [6, 6.07) is 10.2. The largest absolute Gasteiger partial charge is 0.497 e. The maximum absolute atomic E-state index is 12.7. The van der Waals surface area contributed by atoms with Gasteiger partial charge < -0.3 is 24.6 Å². The van der Waals surface area contributed by atoms with E-state index in [-0.39, 0.29) is 5.56 Å². The van der Waals surface area contributed by atoms with E-state index in [1.54, 1.807) is 47.9 Å². The Balaban J connectivity index is 1.88. The van der Waals surface area contributed by atoms with Gasteiger partial charge in [-0.3, -0.25) is 9.36 Å². The predicted molar refractivity (Wildman–Crippen MR) is 118 cm³/mol. The first-order valence-electron chi connectivity index (χ1n) is 8.65. The van der Waals surface area contributed by atoms with Gasteiger partial charge in [-0.25, -0.2) is 0 Å². The van der Waals surface area contributed by atoms with Crippen molar-refractivity contribution >= 4 is 52.6 Å². The van der Waals surface area contributed by atoms with Crippen LogP contribution in [0.15, 0.2) is 48.0 Å². The lowest BCUT2D eigenvalue weighted by Gasteiger charge is -2.17. The van der Waals surface area contributed by atoms with Crippen molar-refractivity contribution in [3.8, 4) is 11.5 Å². The third kappa shape index (κ3) is 5.03. The van der Waals surface area contributed by atoms with Gasteiger partial charge in [0.25, 0.3) is 0 Å². The van der Waals surface area contributed by atoms with Crippen molar-refractivity contribution in [3.63, 3.8) is 0 Å². The molecule has 0 saturated heterocycles. The zero-order valence-corrected chi connectivity index (χ0v) is 18.5. The summed E-state index contributed by atoms with van der Waals surface area (Å²) < 4.78 is 23.3. The number of methoxy groups -OCH3 is 2. The predicted octanol–water partition coefficient (Wildman–Crippen LogP) is 4.58. The number of benzene rings is 2. The molecule has 0 radical (unpaired) electrons. The number of ether oxygens (including phenoxy) is 2. The molecule has 158 valence electrons. The molecule has 0 aliphatic rings. The van der Waals surface area contributed by atoms with Crippen molar-refractivity contribution in [1.82, 2.24) is 5.32 Å². The molecular formula is C20H19ClNO6PS. The first kappa shape index (κ1) is 22.3. The van der Waals surface area contributed by atoms with Gasteiger partial charge >= 0.3 is 7.60 Å². The molecule has 1 heterocycles. The summed E-state index contributed by atoms with van der Waals surface area (Å²) in [6.07, 6.45) is 2.89. The van der Waals surface area contributed by atoms with E-state index in [9.17, 15) is 19.1 Å². The second-order valence-electron chi connectivity index (χ2n) is 6.31. The van der Waals surface area contributed by atoms with Gasteiger partial charge in [0.2, 0.25) is 5.91 Å². The smallest absolute Gasteiger partial charge is 0.342 e. The Hall–Kier alpha value is -2.35. The van der Waals surface area contributed by atoms with E-state index in [1.165, 1.54) is 31.8 Å². The lowest BCUT2D eigenvalue weighted by molar-refractivity contribution is -0.120. The third-order valence-corrected chi connectivity index (χ3v) is 6.72. The van der Waals surface area contributed by atoms with Gasteiger partial charge in [-0.05, 0) is 58.3 Å². The molecule has 1 aromatic heterocycles. The van der Waals surface area contributed by atoms with E-state index in [2.05, 4.69) is 5.32 Å². The molecule has 0 bridgehead atoms. The van der Waals surface area contributed by atoms with Gasteiger partial charge in [-0.15, -0.1) is 11.3 Å². The minimum Gasteiger partial charge on any atom is -0.497 e. The molecule has 0 aliphatic carbocycles. The van der Waals surface area contributed by atoms with Crippen molar-refractivity contribution in [2.24, 2.45) is 0 Å². The maximum Gasteiger partial charge on any atom is 0.342 e. The van der Waals surface area contributed by atoms with E-state index < -0.39 is 19.2 Å². The molecule has 1 amide bonds. The van der Waals surface area contributed by atoms with Crippen LogP contribution in [0.5, 0.6) is 11.5 Å². The van der Waals surface area contributed by atoms with Crippen LogP contribution in [0.3, 0.4) is 0 Å². The molecule has 0 aliphatic heterocycles. The topological polar surface area (TPSA) is 105 Å². The number of nitrogens with one attached hydrogen (secondary N) is 1. The normalized spacial score (nSPS) is 12.8. The molecule has 0 spiro atoms. The zero-order valence-electron chi connectivity index (χ0n) is 16.0. The fourth-order valence-electron chi connectivity index (χ4n) is 2.93. The summed E-state index contributed by atoms with van der Waals surface area (Å²) in [4.78, 5) is 32.5. The highest BCUT2D eigenvalue weighted by Crippen LogP contribution is 2.54. The van der Waals surface area contributed by atoms with Crippen LogP contribution < -0.4 is 14.8 Å². The Bertz CT molecular complexity index is 1130. The Morgan fingerprint density at radius 2 is 1.83 bits per heavy atom. The number of carbonyl (C=O) groups excluding carboxylic acids is 1. The van der Waals surface area contributed by atoms with E-state index in [1.807, 2.05) is 0 Å². The summed E-state index contributed by atoms with van der Waals surface area (Å²) in [6.45, 7) is 0. The zero-order chi connectivity index (χ0) is 21.9. The van der Waals surface area contributed by atoms with Gasteiger partial charge in [0.05, 0.1) is 14.2 Å². The Morgan fingerprint density at radius 3 is 2.43 bits per heavy atom. The van der Waals surface area contributed by atoms with E-state index in [0.29, 0.717) is 27.5 Å². The number of hydrogen-bond donors (Lipinski definition) is 3. The van der Waals surface area contributed by atoms with Crippen molar-refractivity contribution in [3.05, 3.63) is 64.1 Å². The number of rotatable bonds is 7. The number of halogens is 1. The molecule has 1 atom stereocenters. The standard InChI is InChI=1S/C20H19ClNO6PS/c1-27-14-7-12(8-15(10-14)28-2)5-6-22-20(23)19(29(24,25)26)17-11-30-18-4-3-13(21)9-16(17)18/h3-11,19H,1-2H3,(H,22,23)(H2,24,25,26)/b6-5+. The van der Waals surface area contributed by atoms with Crippen molar-refractivity contribution in [2.75, 3.05) is 14.2 Å². The molecule has 30 heavy (non-hydrogen) atoms. The third-order valence-electron chi connectivity index (χ3n) is 4.32. The molecule has 3 N–H and O–H groups in total. The Morgan fingerprint density at radius 1 is 1.17 bits per heavy atom. The molecule has 7 nitrogen and oxygen atoms in total. The molecule has 10 heteroatoms. The molecule has 2 aromatic carbocycles. The highest BCUT2D eigenvalue weighted by Gasteiger charge is 2.38. The number of fused-ring (bicyclic) bond motifs is 1. The number of thiophene rings is 1. The average Bonchev–Trinajstić information content (AvgIpc) is 3.09. The molecular weight excluding hydrogens is 449 g/mol. The van der Waals surface area contributed by atoms with E-state index >= 15 is 0 Å². The summed E-state index contributed by atoms with van der Waals surface area (Å²) >= 11 is 7.31. The number of carbonyl (C=O) groups is 1. The van der Waals surface area contributed by atoms with Crippen LogP contribution in [0.4, 0.5) is 0 Å². The second-order valence-corrected chi connectivity index (χ2v) is 9.35. The summed E-state index contributed by atoms with van der Waals surface area (Å²) in [5.74, 6) is 0.305. The summed E-state index contributed by atoms with van der Waals surface area (Å²) in [5.41, 5.74) is -0.749. The van der Waals surface area contributed by atoms with Crippen LogP contribution >= 0.6 is 30.5 Å². The quantitative estimate of drug-likeness (QED) is 0.439. The molecule has 3 rings (SSSR count). The van der Waals surface area contributed by atoms with Crippen LogP contribution in [-0.4, -0.2) is 29.9 Å². The van der Waals surface area contributed by atoms with Crippen molar-refractivity contribution < 1.29 is 28.6 Å². The van der Waals surface area contributed by atoms with Crippen LogP contribution in [-0.2, 0) is 9.36 Å². The first-order chi connectivity index (χ1) is 14.2. The lowest BCUT2D eigenvalue weighted by Crippen LogP contribution is -2.25. The number of hydrogen-bond acceptors (Lipinski definition) is 5. The Kier molecular flexibility index (Phi) is 6.85. The van der Waals surface area contributed by atoms with Crippen molar-refractivity contribution in [2.45, 2.75) is 5.66 Å². The van der Waals surface area contributed by atoms with Gasteiger partial charge in [0, 0.05) is 22.0 Å². The van der Waals surface area contributed by atoms with Crippen LogP contribution in [0.25, 0.3) is 16.2 Å². The SMILES string of the molecule is COc1cc(/C=C/NC(=O)C(c2csc3ccc(Cl)cc23)P(=O)(O)O)cc(OC)c1. The Labute approximate surface area is 182 Å². The van der Waals surface area contributed by atoms with Crippen LogP contribution in [0.2, 0.25) is 5.02 Å². The molecule has 1 unspecified atom stereocenters. The minimum atomic E-state index is -4.80. The van der Waals surface area contributed by atoms with E-state index in [4.69, 9.17) is 21.1 Å². The van der Waals surface area contributed by atoms with Gasteiger partial charge in [-0.1, -0.05) is 11.6 Å². The minimum absolute atomic E-state index is 0.236. The fraction of sp³-hybridized carbons (Fsp3) is 0.150. The van der Waals surface area contributed by atoms with E-state index in [0.717, 1.165) is 4.70 Å². The van der Waals surface area contributed by atoms with Crippen LogP contribution in [0, 0.1) is 0 Å². The number of amides is 1. The highest BCUT2D eigenvalue weighted by atomic mass is 35.5.